The van der Waals surface area contributed by atoms with E-state index in [-0.39, 0.29) is 0 Å². The second-order valence-electron chi connectivity index (χ2n) is 4.22. The van der Waals surface area contributed by atoms with Gasteiger partial charge in [-0.1, -0.05) is 6.92 Å². The van der Waals surface area contributed by atoms with Crippen molar-refractivity contribution in [3.8, 4) is 0 Å². The van der Waals surface area contributed by atoms with Crippen LogP contribution in [0.25, 0.3) is 0 Å². The molecule has 1 fully saturated rings. The molecule has 1 heterocycles. The lowest BCUT2D eigenvalue weighted by Gasteiger charge is -2.25. The van der Waals surface area contributed by atoms with Crippen molar-refractivity contribution in [3.63, 3.8) is 0 Å². The number of methoxy groups -OCH3 is 1. The predicted molar refractivity (Wildman–Crippen MR) is 57.4 cm³/mol. The summed E-state index contributed by atoms with van der Waals surface area (Å²) in [4.78, 5) is 0. The Bertz CT molecular complexity index is 146. The number of hydrogen-bond acceptors (Lipinski definition) is 3. The molecule has 3 unspecified atom stereocenters. The zero-order valence-corrected chi connectivity index (χ0v) is 9.58. The molecule has 0 saturated carbocycles. The van der Waals surface area contributed by atoms with Crippen LogP contribution in [-0.4, -0.2) is 39.5 Å². The Morgan fingerprint density at radius 1 is 1.50 bits per heavy atom. The molecular formula is C11H23NO2. The lowest BCUT2D eigenvalue weighted by molar-refractivity contribution is 0.161. The monoisotopic (exact) mass is 201 g/mol. The molecule has 1 N–H and O–H groups in total. The second kappa shape index (κ2) is 6.38. The first-order chi connectivity index (χ1) is 6.75. The molecule has 0 aromatic heterocycles. The van der Waals surface area contributed by atoms with Gasteiger partial charge in [0.05, 0.1) is 6.61 Å². The third-order valence-electron chi connectivity index (χ3n) is 3.27. The van der Waals surface area contributed by atoms with E-state index in [4.69, 9.17) is 9.47 Å². The first-order valence-electron chi connectivity index (χ1n) is 5.55. The van der Waals surface area contributed by atoms with Gasteiger partial charge >= 0.3 is 0 Å². The highest BCUT2D eigenvalue weighted by atomic mass is 16.5. The van der Waals surface area contributed by atoms with Crippen LogP contribution in [0.1, 0.15) is 20.3 Å². The third-order valence-corrected chi connectivity index (χ3v) is 3.27. The third kappa shape index (κ3) is 3.56. The van der Waals surface area contributed by atoms with Gasteiger partial charge in [-0.25, -0.2) is 0 Å². The summed E-state index contributed by atoms with van der Waals surface area (Å²) < 4.78 is 10.4. The standard InChI is InChI=1S/C11H23NO2/c1-9(11-4-6-14-8-11)10(2)12-5-7-13-3/h9-12H,4-8H2,1-3H3. The van der Waals surface area contributed by atoms with Gasteiger partial charge in [0.25, 0.3) is 0 Å². The van der Waals surface area contributed by atoms with E-state index in [1.807, 2.05) is 0 Å². The molecule has 3 heteroatoms. The van der Waals surface area contributed by atoms with Gasteiger partial charge in [-0.05, 0) is 25.2 Å². The molecule has 1 rings (SSSR count). The summed E-state index contributed by atoms with van der Waals surface area (Å²) in [6.07, 6.45) is 1.22. The van der Waals surface area contributed by atoms with Crippen LogP contribution < -0.4 is 5.32 Å². The fourth-order valence-electron chi connectivity index (χ4n) is 1.95. The highest BCUT2D eigenvalue weighted by Gasteiger charge is 2.25. The van der Waals surface area contributed by atoms with Gasteiger partial charge in [-0.2, -0.15) is 0 Å². The number of rotatable bonds is 6. The average molecular weight is 201 g/mol. The molecule has 0 radical (unpaired) electrons. The van der Waals surface area contributed by atoms with E-state index >= 15 is 0 Å². The van der Waals surface area contributed by atoms with Crippen molar-refractivity contribution in [2.45, 2.75) is 26.3 Å². The van der Waals surface area contributed by atoms with Crippen molar-refractivity contribution in [3.05, 3.63) is 0 Å². The van der Waals surface area contributed by atoms with Crippen molar-refractivity contribution < 1.29 is 9.47 Å². The molecule has 3 nitrogen and oxygen atoms in total. The Morgan fingerprint density at radius 3 is 2.86 bits per heavy atom. The predicted octanol–water partition coefficient (Wildman–Crippen LogP) is 1.28. The molecule has 0 spiro atoms. The van der Waals surface area contributed by atoms with Gasteiger partial charge in [0, 0.05) is 32.9 Å². The minimum absolute atomic E-state index is 0.553. The lowest BCUT2D eigenvalue weighted by atomic mass is 9.88. The van der Waals surface area contributed by atoms with Crippen molar-refractivity contribution in [2.75, 3.05) is 33.5 Å². The highest BCUT2D eigenvalue weighted by molar-refractivity contribution is 4.78. The minimum atomic E-state index is 0.553. The van der Waals surface area contributed by atoms with Crippen LogP contribution in [0.2, 0.25) is 0 Å². The molecule has 0 aromatic rings. The second-order valence-corrected chi connectivity index (χ2v) is 4.22. The van der Waals surface area contributed by atoms with Crippen LogP contribution in [0.4, 0.5) is 0 Å². The lowest BCUT2D eigenvalue weighted by Crippen LogP contribution is -2.37. The summed E-state index contributed by atoms with van der Waals surface area (Å²) >= 11 is 0. The van der Waals surface area contributed by atoms with Crippen LogP contribution in [0.5, 0.6) is 0 Å². The Balaban J connectivity index is 2.17. The molecule has 0 amide bonds. The van der Waals surface area contributed by atoms with Crippen LogP contribution in [0.3, 0.4) is 0 Å². The molecule has 0 aliphatic carbocycles. The quantitative estimate of drug-likeness (QED) is 0.657. The van der Waals surface area contributed by atoms with Crippen molar-refractivity contribution >= 4 is 0 Å². The van der Waals surface area contributed by atoms with E-state index in [9.17, 15) is 0 Å². The van der Waals surface area contributed by atoms with Gasteiger partial charge in [-0.15, -0.1) is 0 Å². The van der Waals surface area contributed by atoms with E-state index in [2.05, 4.69) is 19.2 Å². The number of hydrogen-bond donors (Lipinski definition) is 1. The first-order valence-corrected chi connectivity index (χ1v) is 5.55. The zero-order chi connectivity index (χ0) is 10.4. The maximum Gasteiger partial charge on any atom is 0.0587 e. The van der Waals surface area contributed by atoms with E-state index < -0.39 is 0 Å². The van der Waals surface area contributed by atoms with Gasteiger partial charge in [0.2, 0.25) is 0 Å². The van der Waals surface area contributed by atoms with Crippen molar-refractivity contribution in [2.24, 2.45) is 11.8 Å². The fraction of sp³-hybridized carbons (Fsp3) is 1.00. The summed E-state index contributed by atoms with van der Waals surface area (Å²) in [6.45, 7) is 8.17. The van der Waals surface area contributed by atoms with Gasteiger partial charge in [0.1, 0.15) is 0 Å². The maximum absolute atomic E-state index is 5.40. The van der Waals surface area contributed by atoms with Gasteiger partial charge in [-0.3, -0.25) is 0 Å². The summed E-state index contributed by atoms with van der Waals surface area (Å²) in [5.41, 5.74) is 0. The largest absolute Gasteiger partial charge is 0.383 e. The first kappa shape index (κ1) is 12.0. The van der Waals surface area contributed by atoms with Gasteiger partial charge < -0.3 is 14.8 Å². The summed E-state index contributed by atoms with van der Waals surface area (Å²) in [5, 5.41) is 3.48. The Labute approximate surface area is 87.2 Å². The Morgan fingerprint density at radius 2 is 2.29 bits per heavy atom. The SMILES string of the molecule is COCCNC(C)C(C)C1CCOC1. The minimum Gasteiger partial charge on any atom is -0.383 e. The maximum atomic E-state index is 5.40. The van der Waals surface area contributed by atoms with Crippen molar-refractivity contribution in [1.82, 2.24) is 5.32 Å². The molecular weight excluding hydrogens is 178 g/mol. The highest BCUT2D eigenvalue weighted by Crippen LogP contribution is 2.24. The molecule has 1 saturated heterocycles. The number of nitrogens with one attached hydrogen (secondary N) is 1. The van der Waals surface area contributed by atoms with E-state index in [1.165, 1.54) is 6.42 Å². The molecule has 0 aromatic carbocycles. The van der Waals surface area contributed by atoms with Crippen LogP contribution in [0, 0.1) is 11.8 Å². The molecule has 14 heavy (non-hydrogen) atoms. The normalized spacial score (nSPS) is 26.4. The van der Waals surface area contributed by atoms with Crippen LogP contribution in [0.15, 0.2) is 0 Å². The van der Waals surface area contributed by atoms with Crippen molar-refractivity contribution in [1.29, 1.82) is 0 Å². The number of ether oxygens (including phenoxy) is 2. The van der Waals surface area contributed by atoms with Crippen LogP contribution in [-0.2, 0) is 9.47 Å². The van der Waals surface area contributed by atoms with Gasteiger partial charge in [0.15, 0.2) is 0 Å². The van der Waals surface area contributed by atoms with Crippen LogP contribution >= 0.6 is 0 Å². The molecule has 3 atom stereocenters. The molecule has 0 bridgehead atoms. The fourth-order valence-corrected chi connectivity index (χ4v) is 1.95. The van der Waals surface area contributed by atoms with E-state index in [1.54, 1.807) is 7.11 Å². The Hall–Kier alpha value is -0.120. The molecule has 1 aliphatic rings. The topological polar surface area (TPSA) is 30.5 Å². The Kier molecular flexibility index (Phi) is 5.45. The summed E-state index contributed by atoms with van der Waals surface area (Å²) in [6, 6.07) is 0.553. The van der Waals surface area contributed by atoms with E-state index in [0.717, 1.165) is 32.3 Å². The summed E-state index contributed by atoms with van der Waals surface area (Å²) in [7, 11) is 1.74. The average Bonchev–Trinajstić information content (AvgIpc) is 2.69. The molecule has 1 aliphatic heterocycles. The molecule has 84 valence electrons. The zero-order valence-electron chi connectivity index (χ0n) is 9.58. The smallest absolute Gasteiger partial charge is 0.0587 e. The van der Waals surface area contributed by atoms with E-state index in [0.29, 0.717) is 12.0 Å². The summed E-state index contributed by atoms with van der Waals surface area (Å²) in [5.74, 6) is 1.43.